The number of fused-ring (bicyclic) bond motifs is 1. The van der Waals surface area contributed by atoms with Gasteiger partial charge in [0.25, 0.3) is 5.56 Å². The molecule has 0 saturated heterocycles. The van der Waals surface area contributed by atoms with Gasteiger partial charge in [-0.15, -0.1) is 11.8 Å². The Morgan fingerprint density at radius 3 is 2.41 bits per heavy atom. The Morgan fingerprint density at radius 1 is 1.00 bits per heavy atom. The third kappa shape index (κ3) is 3.90. The minimum atomic E-state index is -0.578. The van der Waals surface area contributed by atoms with Gasteiger partial charge in [-0.25, -0.2) is 9.18 Å². The van der Waals surface area contributed by atoms with Gasteiger partial charge in [0, 0.05) is 27.9 Å². The maximum absolute atomic E-state index is 14.7. The maximum Gasteiger partial charge on any atom is 0.332 e. The molecule has 172 valence electrons. The molecule has 2 atom stereocenters. The first-order chi connectivity index (χ1) is 16.5. The summed E-state index contributed by atoms with van der Waals surface area (Å²) in [7, 11) is 0. The Morgan fingerprint density at radius 2 is 1.68 bits per heavy atom. The monoisotopic (exact) mass is 493 g/mol. The molecule has 5 rings (SSSR count). The summed E-state index contributed by atoms with van der Waals surface area (Å²) in [6, 6.07) is 21.6. The molecule has 0 fully saturated rings. The number of thioether (sulfide) groups is 1. The Balaban J connectivity index is 1.75. The van der Waals surface area contributed by atoms with Crippen LogP contribution in [0, 0.1) is 5.82 Å². The van der Waals surface area contributed by atoms with E-state index in [-0.39, 0.29) is 6.54 Å². The summed E-state index contributed by atoms with van der Waals surface area (Å²) in [6.45, 7) is -0.0198. The average Bonchev–Trinajstić information content (AvgIpc) is 3.28. The molecule has 0 saturated carbocycles. The fourth-order valence-electron chi connectivity index (χ4n) is 4.33. The van der Waals surface area contributed by atoms with E-state index in [0.29, 0.717) is 32.5 Å². The molecule has 2 heterocycles. The van der Waals surface area contributed by atoms with Gasteiger partial charge in [0.1, 0.15) is 5.82 Å². The lowest BCUT2D eigenvalue weighted by Crippen LogP contribution is -2.44. The smallest absolute Gasteiger partial charge is 0.322 e. The van der Waals surface area contributed by atoms with Gasteiger partial charge in [0.05, 0.1) is 23.2 Å². The standard InChI is InChI=1S/C26H21ClFN3O2S/c27-19-12-6-4-10-17(19)23-24(32)30(14-21(29)16-8-2-1-3-9-16)26(33)31-22(15-34-25(23)31)18-11-5-7-13-20(18)28/h1-13,21-22H,14-15,29H2. The first-order valence-corrected chi connectivity index (χ1v) is 12.2. The Labute approximate surface area is 204 Å². The molecule has 1 aliphatic rings. The largest absolute Gasteiger partial charge is 0.332 e. The van der Waals surface area contributed by atoms with Crippen LogP contribution >= 0.6 is 23.4 Å². The number of rotatable bonds is 5. The highest BCUT2D eigenvalue weighted by Crippen LogP contribution is 2.41. The van der Waals surface area contributed by atoms with Gasteiger partial charge < -0.3 is 5.73 Å². The van der Waals surface area contributed by atoms with Gasteiger partial charge >= 0.3 is 5.69 Å². The second kappa shape index (κ2) is 9.25. The van der Waals surface area contributed by atoms with Crippen molar-refractivity contribution in [2.45, 2.75) is 23.7 Å². The molecular formula is C26H21ClFN3O2S. The van der Waals surface area contributed by atoms with Gasteiger partial charge in [-0.1, -0.05) is 78.3 Å². The van der Waals surface area contributed by atoms with E-state index in [0.717, 1.165) is 10.1 Å². The van der Waals surface area contributed by atoms with Crippen LogP contribution in [-0.2, 0) is 6.54 Å². The minimum Gasteiger partial charge on any atom is -0.322 e. The Kier molecular flexibility index (Phi) is 6.16. The van der Waals surface area contributed by atoms with Crippen molar-refractivity contribution in [3.05, 3.63) is 122 Å². The van der Waals surface area contributed by atoms with Crippen LogP contribution in [-0.4, -0.2) is 14.9 Å². The van der Waals surface area contributed by atoms with Gasteiger partial charge in [-0.3, -0.25) is 13.9 Å². The van der Waals surface area contributed by atoms with Crippen LogP contribution in [0.2, 0.25) is 5.02 Å². The molecule has 34 heavy (non-hydrogen) atoms. The highest BCUT2D eigenvalue weighted by molar-refractivity contribution is 7.99. The average molecular weight is 494 g/mol. The second-order valence-corrected chi connectivity index (χ2v) is 9.51. The van der Waals surface area contributed by atoms with E-state index in [4.69, 9.17) is 17.3 Å². The number of hydrogen-bond donors (Lipinski definition) is 1. The molecule has 2 unspecified atom stereocenters. The van der Waals surface area contributed by atoms with E-state index >= 15 is 0 Å². The predicted molar refractivity (Wildman–Crippen MR) is 134 cm³/mol. The van der Waals surface area contributed by atoms with Crippen LogP contribution in [0.15, 0.2) is 93.5 Å². The summed E-state index contributed by atoms with van der Waals surface area (Å²) in [5.74, 6) is 0.0211. The van der Waals surface area contributed by atoms with E-state index in [2.05, 4.69) is 0 Å². The number of benzene rings is 3. The summed E-state index contributed by atoms with van der Waals surface area (Å²) in [6.07, 6.45) is 0. The number of halogens is 2. The highest BCUT2D eigenvalue weighted by Gasteiger charge is 2.33. The first-order valence-electron chi connectivity index (χ1n) is 10.8. The lowest BCUT2D eigenvalue weighted by molar-refractivity contribution is 0.468. The van der Waals surface area contributed by atoms with E-state index in [1.54, 1.807) is 42.5 Å². The van der Waals surface area contributed by atoms with Crippen LogP contribution in [0.3, 0.4) is 0 Å². The summed E-state index contributed by atoms with van der Waals surface area (Å²) < 4.78 is 17.4. The van der Waals surface area contributed by atoms with E-state index in [1.165, 1.54) is 22.4 Å². The maximum atomic E-state index is 14.7. The lowest BCUT2D eigenvalue weighted by Gasteiger charge is -2.20. The molecule has 8 heteroatoms. The molecule has 0 radical (unpaired) electrons. The van der Waals surface area contributed by atoms with E-state index < -0.39 is 29.1 Å². The second-order valence-electron chi connectivity index (χ2n) is 8.09. The van der Waals surface area contributed by atoms with Gasteiger partial charge in [0.15, 0.2) is 0 Å². The number of nitrogens with zero attached hydrogens (tertiary/aromatic N) is 2. The fourth-order valence-corrected chi connectivity index (χ4v) is 5.89. The molecule has 0 spiro atoms. The molecule has 3 aromatic carbocycles. The van der Waals surface area contributed by atoms with Crippen molar-refractivity contribution >= 4 is 23.4 Å². The zero-order valence-corrected chi connectivity index (χ0v) is 19.6. The molecule has 1 aliphatic heterocycles. The van der Waals surface area contributed by atoms with Crippen LogP contribution in [0.5, 0.6) is 0 Å². The zero-order chi connectivity index (χ0) is 23.8. The predicted octanol–water partition coefficient (Wildman–Crippen LogP) is 4.86. The van der Waals surface area contributed by atoms with Crippen molar-refractivity contribution in [3.8, 4) is 11.1 Å². The van der Waals surface area contributed by atoms with Crippen LogP contribution in [0.1, 0.15) is 23.2 Å². The summed E-state index contributed by atoms with van der Waals surface area (Å²) in [4.78, 5) is 27.4. The van der Waals surface area contributed by atoms with Crippen molar-refractivity contribution < 1.29 is 4.39 Å². The highest BCUT2D eigenvalue weighted by atomic mass is 35.5. The molecule has 0 bridgehead atoms. The summed E-state index contributed by atoms with van der Waals surface area (Å²) in [5, 5.41) is 0.885. The van der Waals surface area contributed by atoms with Crippen molar-refractivity contribution in [1.29, 1.82) is 0 Å². The molecular weight excluding hydrogens is 473 g/mol. The molecule has 2 N–H and O–H groups in total. The minimum absolute atomic E-state index is 0.0198. The molecule has 4 aromatic rings. The SMILES string of the molecule is NC(Cn1c(=O)c(-c2ccccc2Cl)c2n(c1=O)C(c1ccccc1F)CS2)c1ccccc1. The van der Waals surface area contributed by atoms with Crippen LogP contribution < -0.4 is 17.0 Å². The van der Waals surface area contributed by atoms with Crippen molar-refractivity contribution in [3.63, 3.8) is 0 Å². The summed E-state index contributed by atoms with van der Waals surface area (Å²) >= 11 is 7.83. The number of aromatic nitrogens is 2. The number of hydrogen-bond acceptors (Lipinski definition) is 4. The quantitative estimate of drug-likeness (QED) is 0.403. The summed E-state index contributed by atoms with van der Waals surface area (Å²) in [5.41, 5.74) is 7.49. The zero-order valence-electron chi connectivity index (χ0n) is 18.0. The molecule has 0 aliphatic carbocycles. The van der Waals surface area contributed by atoms with Gasteiger partial charge in [-0.05, 0) is 17.7 Å². The Bertz CT molecular complexity index is 1490. The third-order valence-corrected chi connectivity index (χ3v) is 7.52. The van der Waals surface area contributed by atoms with Gasteiger partial charge in [0.2, 0.25) is 0 Å². The normalized spacial score (nSPS) is 15.8. The van der Waals surface area contributed by atoms with Crippen LogP contribution in [0.25, 0.3) is 11.1 Å². The van der Waals surface area contributed by atoms with Crippen molar-refractivity contribution in [2.24, 2.45) is 5.73 Å². The fraction of sp³-hybridized carbons (Fsp3) is 0.154. The van der Waals surface area contributed by atoms with Crippen molar-refractivity contribution in [2.75, 3.05) is 5.75 Å². The molecule has 1 aromatic heterocycles. The van der Waals surface area contributed by atoms with Crippen LogP contribution in [0.4, 0.5) is 4.39 Å². The third-order valence-electron chi connectivity index (χ3n) is 6.03. The number of nitrogens with two attached hydrogens (primary N) is 1. The first kappa shape index (κ1) is 22.7. The lowest BCUT2D eigenvalue weighted by atomic mass is 10.1. The molecule has 0 amide bonds. The van der Waals surface area contributed by atoms with E-state index in [9.17, 15) is 14.0 Å². The van der Waals surface area contributed by atoms with E-state index in [1.807, 2.05) is 30.3 Å². The molecule has 5 nitrogen and oxygen atoms in total. The van der Waals surface area contributed by atoms with Crippen molar-refractivity contribution in [1.82, 2.24) is 9.13 Å². The topological polar surface area (TPSA) is 70.0 Å². The Hall–Kier alpha value is -3.13. The van der Waals surface area contributed by atoms with Gasteiger partial charge in [-0.2, -0.15) is 0 Å².